The lowest BCUT2D eigenvalue weighted by Crippen LogP contribution is -2.31. The molecule has 1 N–H and O–H groups in total. The molecule has 1 saturated carbocycles. The molecule has 0 saturated heterocycles. The fraction of sp³-hybridized carbons (Fsp3) is 0.333. The number of amides is 1. The minimum Gasteiger partial charge on any atom is -0.497 e. The molecular weight excluding hydrogens is 342 g/mol. The molecule has 1 unspecified atom stereocenters. The molecule has 0 radical (unpaired) electrons. The minimum absolute atomic E-state index is 0.182. The summed E-state index contributed by atoms with van der Waals surface area (Å²) < 4.78 is 7.15. The third kappa shape index (κ3) is 3.40. The van der Waals surface area contributed by atoms with Gasteiger partial charge in [-0.2, -0.15) is 0 Å². The molecule has 3 aromatic rings. The average molecular weight is 365 g/mol. The van der Waals surface area contributed by atoms with Crippen molar-refractivity contribution in [3.05, 3.63) is 65.7 Å². The van der Waals surface area contributed by atoms with Crippen LogP contribution in [0.25, 0.3) is 5.52 Å². The highest BCUT2D eigenvalue weighted by atomic mass is 16.5. The van der Waals surface area contributed by atoms with E-state index < -0.39 is 6.10 Å². The van der Waals surface area contributed by atoms with Crippen LogP contribution in [0.4, 0.5) is 0 Å². The maximum atomic E-state index is 13.0. The number of benzene rings is 1. The van der Waals surface area contributed by atoms with Crippen molar-refractivity contribution < 1.29 is 14.6 Å². The maximum Gasteiger partial charge on any atom is 0.274 e. The van der Waals surface area contributed by atoms with Crippen molar-refractivity contribution in [3.8, 4) is 5.75 Å². The molecule has 1 aliphatic carbocycles. The lowest BCUT2D eigenvalue weighted by molar-refractivity contribution is 0.0677. The Bertz CT molecular complexity index is 960. The molecule has 6 heteroatoms. The second-order valence-corrected chi connectivity index (χ2v) is 7.02. The van der Waals surface area contributed by atoms with Gasteiger partial charge in [0.2, 0.25) is 0 Å². The van der Waals surface area contributed by atoms with Gasteiger partial charge in [0.25, 0.3) is 5.91 Å². The largest absolute Gasteiger partial charge is 0.497 e. The molecule has 1 aromatic carbocycles. The third-order valence-electron chi connectivity index (χ3n) is 5.01. The summed E-state index contributed by atoms with van der Waals surface area (Å²) in [5, 5.41) is 10.5. The van der Waals surface area contributed by atoms with Crippen LogP contribution in [0.5, 0.6) is 5.75 Å². The molecular formula is C21H23N3O3. The summed E-state index contributed by atoms with van der Waals surface area (Å²) in [7, 11) is 3.29. The van der Waals surface area contributed by atoms with Gasteiger partial charge < -0.3 is 19.1 Å². The summed E-state index contributed by atoms with van der Waals surface area (Å²) in [6.07, 6.45) is 3.42. The SMILES string of the molecule is COc1ccc(C(O)CN(C)C(=O)c2nc(C3CC3)n3ccccc23)cc1. The van der Waals surface area contributed by atoms with Gasteiger partial charge in [-0.25, -0.2) is 4.98 Å². The number of imidazole rings is 1. The van der Waals surface area contributed by atoms with Gasteiger partial charge >= 0.3 is 0 Å². The number of rotatable bonds is 6. The van der Waals surface area contributed by atoms with Crippen molar-refractivity contribution in [1.82, 2.24) is 14.3 Å². The molecule has 4 rings (SSSR count). The van der Waals surface area contributed by atoms with Crippen LogP contribution in [0.3, 0.4) is 0 Å². The zero-order valence-corrected chi connectivity index (χ0v) is 15.5. The summed E-state index contributed by atoms with van der Waals surface area (Å²) in [5.74, 6) is 1.94. The normalized spacial score (nSPS) is 14.9. The molecule has 2 heterocycles. The summed E-state index contributed by atoms with van der Waals surface area (Å²) in [6.45, 7) is 0.190. The number of methoxy groups -OCH3 is 1. The van der Waals surface area contributed by atoms with Crippen LogP contribution in [-0.2, 0) is 0 Å². The first-order chi connectivity index (χ1) is 13.1. The Morgan fingerprint density at radius 1 is 1.30 bits per heavy atom. The first-order valence-corrected chi connectivity index (χ1v) is 9.13. The van der Waals surface area contributed by atoms with Crippen LogP contribution < -0.4 is 4.74 Å². The topological polar surface area (TPSA) is 67.1 Å². The van der Waals surface area contributed by atoms with E-state index in [0.717, 1.165) is 35.5 Å². The van der Waals surface area contributed by atoms with Gasteiger partial charge in [-0.15, -0.1) is 0 Å². The number of hydrogen-bond acceptors (Lipinski definition) is 4. The highest BCUT2D eigenvalue weighted by Gasteiger charge is 2.31. The zero-order chi connectivity index (χ0) is 19.0. The maximum absolute atomic E-state index is 13.0. The molecule has 140 valence electrons. The van der Waals surface area contributed by atoms with Crippen molar-refractivity contribution in [1.29, 1.82) is 0 Å². The van der Waals surface area contributed by atoms with Crippen LogP contribution in [0.15, 0.2) is 48.7 Å². The van der Waals surface area contributed by atoms with Gasteiger partial charge in [0.05, 0.1) is 25.3 Å². The average Bonchev–Trinajstić information content (AvgIpc) is 3.47. The number of hydrogen-bond donors (Lipinski definition) is 1. The van der Waals surface area contributed by atoms with Gasteiger partial charge in [0.15, 0.2) is 5.69 Å². The quantitative estimate of drug-likeness (QED) is 0.729. The second kappa shape index (κ2) is 7.04. The Morgan fingerprint density at radius 3 is 2.70 bits per heavy atom. The Balaban J connectivity index is 1.54. The van der Waals surface area contributed by atoms with E-state index >= 15 is 0 Å². The van der Waals surface area contributed by atoms with E-state index in [9.17, 15) is 9.90 Å². The van der Waals surface area contributed by atoms with E-state index in [1.165, 1.54) is 4.90 Å². The molecule has 1 amide bonds. The van der Waals surface area contributed by atoms with E-state index in [1.54, 1.807) is 38.4 Å². The van der Waals surface area contributed by atoms with E-state index in [-0.39, 0.29) is 12.5 Å². The van der Waals surface area contributed by atoms with Crippen molar-refractivity contribution in [2.24, 2.45) is 0 Å². The van der Waals surface area contributed by atoms with Crippen molar-refractivity contribution >= 4 is 11.4 Å². The van der Waals surface area contributed by atoms with Gasteiger partial charge in [-0.3, -0.25) is 4.79 Å². The number of aliphatic hydroxyl groups is 1. The number of carbonyl (C=O) groups is 1. The van der Waals surface area contributed by atoms with Gasteiger partial charge in [-0.05, 0) is 42.7 Å². The predicted molar refractivity (Wildman–Crippen MR) is 102 cm³/mol. The molecule has 6 nitrogen and oxygen atoms in total. The number of aliphatic hydroxyl groups excluding tert-OH is 1. The summed E-state index contributed by atoms with van der Waals surface area (Å²) in [6, 6.07) is 13.0. The van der Waals surface area contributed by atoms with E-state index in [0.29, 0.717) is 11.6 Å². The van der Waals surface area contributed by atoms with Crippen LogP contribution in [0, 0.1) is 0 Å². The highest BCUT2D eigenvalue weighted by Crippen LogP contribution is 2.40. The Labute approximate surface area is 158 Å². The van der Waals surface area contributed by atoms with Crippen LogP contribution in [0.1, 0.15) is 46.7 Å². The number of nitrogens with zero attached hydrogens (tertiary/aromatic N) is 3. The molecule has 2 aromatic heterocycles. The number of carbonyl (C=O) groups excluding carboxylic acids is 1. The number of pyridine rings is 1. The molecule has 0 aliphatic heterocycles. The van der Waals surface area contributed by atoms with Crippen molar-refractivity contribution in [2.45, 2.75) is 24.9 Å². The summed E-state index contributed by atoms with van der Waals surface area (Å²) >= 11 is 0. The Kier molecular flexibility index (Phi) is 4.58. The molecule has 27 heavy (non-hydrogen) atoms. The Morgan fingerprint density at radius 2 is 2.04 bits per heavy atom. The van der Waals surface area contributed by atoms with E-state index in [1.807, 2.05) is 28.8 Å². The zero-order valence-electron chi connectivity index (χ0n) is 15.5. The van der Waals surface area contributed by atoms with E-state index in [2.05, 4.69) is 4.98 Å². The van der Waals surface area contributed by atoms with Crippen LogP contribution >= 0.6 is 0 Å². The number of likely N-dealkylation sites (N-methyl/N-ethyl adjacent to an activating group) is 1. The predicted octanol–water partition coefficient (Wildman–Crippen LogP) is 3.03. The smallest absolute Gasteiger partial charge is 0.274 e. The monoisotopic (exact) mass is 365 g/mol. The molecule has 0 bridgehead atoms. The lowest BCUT2D eigenvalue weighted by Gasteiger charge is -2.20. The molecule has 1 aliphatic rings. The van der Waals surface area contributed by atoms with Crippen LogP contribution in [-0.4, -0.2) is 46.0 Å². The fourth-order valence-electron chi connectivity index (χ4n) is 3.30. The number of ether oxygens (including phenoxy) is 1. The fourth-order valence-corrected chi connectivity index (χ4v) is 3.30. The Hall–Kier alpha value is -2.86. The van der Waals surface area contributed by atoms with Crippen LogP contribution in [0.2, 0.25) is 0 Å². The minimum atomic E-state index is -0.776. The molecule has 1 fully saturated rings. The first kappa shape index (κ1) is 17.5. The summed E-state index contributed by atoms with van der Waals surface area (Å²) in [4.78, 5) is 19.2. The lowest BCUT2D eigenvalue weighted by atomic mass is 10.1. The standard InChI is InChI=1S/C21H23N3O3/c1-23(13-18(25)14-8-10-16(27-2)11-9-14)21(26)19-17-5-3-4-12-24(17)20(22-19)15-6-7-15/h3-5,8-12,15,18,25H,6-7,13H2,1-2H3. The highest BCUT2D eigenvalue weighted by molar-refractivity contribution is 5.99. The van der Waals surface area contributed by atoms with Gasteiger partial charge in [0.1, 0.15) is 11.6 Å². The molecule has 0 spiro atoms. The second-order valence-electron chi connectivity index (χ2n) is 7.02. The number of aromatic nitrogens is 2. The third-order valence-corrected chi connectivity index (χ3v) is 5.01. The summed E-state index contributed by atoms with van der Waals surface area (Å²) in [5.41, 5.74) is 2.00. The van der Waals surface area contributed by atoms with Gasteiger partial charge in [0, 0.05) is 19.2 Å². The molecule has 1 atom stereocenters. The van der Waals surface area contributed by atoms with Crippen molar-refractivity contribution in [3.63, 3.8) is 0 Å². The van der Waals surface area contributed by atoms with Crippen molar-refractivity contribution in [2.75, 3.05) is 20.7 Å². The van der Waals surface area contributed by atoms with E-state index in [4.69, 9.17) is 4.74 Å². The first-order valence-electron chi connectivity index (χ1n) is 9.13. The van der Waals surface area contributed by atoms with Gasteiger partial charge in [-0.1, -0.05) is 18.2 Å². The number of fused-ring (bicyclic) bond motifs is 1.